The highest BCUT2D eigenvalue weighted by molar-refractivity contribution is 5.77. The Morgan fingerprint density at radius 1 is 1.20 bits per heavy atom. The molecule has 7 heteroatoms. The molecular formula is C13H15NO6. The lowest BCUT2D eigenvalue weighted by atomic mass is 10.2. The van der Waals surface area contributed by atoms with Gasteiger partial charge in [0.2, 0.25) is 0 Å². The Kier molecular flexibility index (Phi) is 6.15. The number of hydrogen-bond donors (Lipinski definition) is 0. The second kappa shape index (κ2) is 7.88. The monoisotopic (exact) mass is 281 g/mol. The summed E-state index contributed by atoms with van der Waals surface area (Å²) in [5.74, 6) is -1.01. The van der Waals surface area contributed by atoms with Crippen LogP contribution in [0.1, 0.15) is 25.3 Å². The van der Waals surface area contributed by atoms with Gasteiger partial charge in [-0.25, -0.2) is 0 Å². The summed E-state index contributed by atoms with van der Waals surface area (Å²) in [6.07, 6.45) is -0.116. The fourth-order valence-corrected chi connectivity index (χ4v) is 1.43. The van der Waals surface area contributed by atoms with Gasteiger partial charge in [0, 0.05) is 12.1 Å². The maximum Gasteiger partial charge on any atom is 0.306 e. The second-order valence-corrected chi connectivity index (χ2v) is 3.89. The van der Waals surface area contributed by atoms with Crippen LogP contribution in [0.3, 0.4) is 0 Å². The highest BCUT2D eigenvalue weighted by atomic mass is 16.6. The zero-order valence-corrected chi connectivity index (χ0v) is 11.0. The Labute approximate surface area is 115 Å². The van der Waals surface area contributed by atoms with E-state index in [1.807, 2.05) is 0 Å². The number of non-ortho nitro benzene ring substituents is 1. The minimum atomic E-state index is -0.551. The molecule has 108 valence electrons. The minimum absolute atomic E-state index is 0.0401. The summed E-state index contributed by atoms with van der Waals surface area (Å²) >= 11 is 0. The van der Waals surface area contributed by atoms with Gasteiger partial charge in [-0.15, -0.1) is 0 Å². The summed E-state index contributed by atoms with van der Waals surface area (Å²) in [7, 11) is 0. The van der Waals surface area contributed by atoms with Gasteiger partial charge in [0.25, 0.3) is 5.69 Å². The number of esters is 2. The molecule has 0 aliphatic rings. The van der Waals surface area contributed by atoms with E-state index in [1.54, 1.807) is 13.0 Å². The van der Waals surface area contributed by atoms with Gasteiger partial charge in [-0.1, -0.05) is 12.1 Å². The zero-order chi connectivity index (χ0) is 15.0. The smallest absolute Gasteiger partial charge is 0.306 e. The van der Waals surface area contributed by atoms with Crippen molar-refractivity contribution in [2.24, 2.45) is 0 Å². The average Bonchev–Trinajstić information content (AvgIpc) is 2.43. The lowest BCUT2D eigenvalue weighted by Crippen LogP contribution is -2.10. The number of rotatable bonds is 7. The van der Waals surface area contributed by atoms with Gasteiger partial charge in [-0.05, 0) is 12.5 Å². The molecule has 0 amide bonds. The van der Waals surface area contributed by atoms with Crippen molar-refractivity contribution in [3.8, 4) is 0 Å². The maximum absolute atomic E-state index is 11.4. The molecule has 1 rings (SSSR count). The van der Waals surface area contributed by atoms with Crippen LogP contribution in [-0.2, 0) is 25.7 Å². The van der Waals surface area contributed by atoms with Gasteiger partial charge < -0.3 is 9.47 Å². The highest BCUT2D eigenvalue weighted by Gasteiger charge is 2.10. The predicted octanol–water partition coefficient (Wildman–Crippen LogP) is 1.98. The fraction of sp³-hybridized carbons (Fsp3) is 0.385. The van der Waals surface area contributed by atoms with Crippen molar-refractivity contribution in [3.63, 3.8) is 0 Å². The van der Waals surface area contributed by atoms with Crippen LogP contribution in [0, 0.1) is 10.1 Å². The lowest BCUT2D eigenvalue weighted by molar-refractivity contribution is -0.384. The number of nitro groups is 1. The van der Waals surface area contributed by atoms with Crippen molar-refractivity contribution < 1.29 is 24.0 Å². The van der Waals surface area contributed by atoms with Crippen LogP contribution in [0.5, 0.6) is 0 Å². The van der Waals surface area contributed by atoms with Gasteiger partial charge in [-0.3, -0.25) is 19.7 Å². The van der Waals surface area contributed by atoms with Crippen LogP contribution in [0.15, 0.2) is 24.3 Å². The van der Waals surface area contributed by atoms with Crippen LogP contribution in [-0.4, -0.2) is 23.5 Å². The quantitative estimate of drug-likeness (QED) is 0.431. The molecule has 1 aromatic carbocycles. The van der Waals surface area contributed by atoms with E-state index in [-0.39, 0.29) is 31.7 Å². The summed E-state index contributed by atoms with van der Waals surface area (Å²) in [6, 6.07) is 5.82. The standard InChI is InChI=1S/C13H15NO6/c1-2-19-12(15)6-7-13(16)20-9-10-4-3-5-11(8-10)14(17)18/h3-5,8H,2,6-7,9H2,1H3. The van der Waals surface area contributed by atoms with Crippen LogP contribution in [0.4, 0.5) is 5.69 Å². The van der Waals surface area contributed by atoms with Crippen molar-refractivity contribution in [2.75, 3.05) is 6.61 Å². The van der Waals surface area contributed by atoms with Crippen molar-refractivity contribution in [1.29, 1.82) is 0 Å². The molecule has 0 saturated heterocycles. The summed E-state index contributed by atoms with van der Waals surface area (Å²) in [4.78, 5) is 32.5. The minimum Gasteiger partial charge on any atom is -0.466 e. The van der Waals surface area contributed by atoms with Crippen molar-refractivity contribution in [1.82, 2.24) is 0 Å². The second-order valence-electron chi connectivity index (χ2n) is 3.89. The Bertz CT molecular complexity index is 499. The van der Waals surface area contributed by atoms with Gasteiger partial charge in [0.05, 0.1) is 24.4 Å². The van der Waals surface area contributed by atoms with Gasteiger partial charge >= 0.3 is 11.9 Å². The maximum atomic E-state index is 11.4. The number of benzene rings is 1. The first-order chi connectivity index (χ1) is 9.52. The molecule has 0 saturated carbocycles. The summed E-state index contributed by atoms with van der Waals surface area (Å²) in [5, 5.41) is 10.6. The molecule has 0 aliphatic heterocycles. The molecule has 1 aromatic rings. The van der Waals surface area contributed by atoms with E-state index in [4.69, 9.17) is 4.74 Å². The number of carbonyl (C=O) groups is 2. The third-order valence-corrected chi connectivity index (χ3v) is 2.36. The number of carbonyl (C=O) groups excluding carboxylic acids is 2. The molecule has 20 heavy (non-hydrogen) atoms. The number of nitro benzene ring substituents is 1. The normalized spacial score (nSPS) is 9.85. The van der Waals surface area contributed by atoms with Gasteiger partial charge in [0.15, 0.2) is 0 Å². The topological polar surface area (TPSA) is 95.7 Å². The Morgan fingerprint density at radius 3 is 2.45 bits per heavy atom. The molecule has 7 nitrogen and oxygen atoms in total. The van der Waals surface area contributed by atoms with Crippen LogP contribution >= 0.6 is 0 Å². The third-order valence-electron chi connectivity index (χ3n) is 2.36. The first-order valence-electron chi connectivity index (χ1n) is 6.07. The van der Waals surface area contributed by atoms with E-state index in [9.17, 15) is 19.7 Å². The van der Waals surface area contributed by atoms with E-state index < -0.39 is 16.9 Å². The molecule has 0 unspecified atom stereocenters. The van der Waals surface area contributed by atoms with E-state index in [1.165, 1.54) is 18.2 Å². The number of ether oxygens (including phenoxy) is 2. The molecule has 0 spiro atoms. The SMILES string of the molecule is CCOC(=O)CCC(=O)OCc1cccc([N+](=O)[O-])c1. The highest BCUT2D eigenvalue weighted by Crippen LogP contribution is 2.14. The first-order valence-corrected chi connectivity index (χ1v) is 6.07. The largest absolute Gasteiger partial charge is 0.466 e. The Balaban J connectivity index is 2.39. The predicted molar refractivity (Wildman–Crippen MR) is 68.8 cm³/mol. The molecule has 0 heterocycles. The van der Waals surface area contributed by atoms with Gasteiger partial charge in [0.1, 0.15) is 6.61 Å². The summed E-state index contributed by atoms with van der Waals surface area (Å²) in [6.45, 7) is 1.88. The van der Waals surface area contributed by atoms with Crippen LogP contribution < -0.4 is 0 Å². The van der Waals surface area contributed by atoms with Crippen LogP contribution in [0.25, 0.3) is 0 Å². The molecule has 0 radical (unpaired) electrons. The Hall–Kier alpha value is -2.44. The fourth-order valence-electron chi connectivity index (χ4n) is 1.43. The summed E-state index contributed by atoms with van der Waals surface area (Å²) < 4.78 is 9.60. The van der Waals surface area contributed by atoms with E-state index in [0.717, 1.165) is 0 Å². The van der Waals surface area contributed by atoms with Crippen molar-refractivity contribution in [3.05, 3.63) is 39.9 Å². The van der Waals surface area contributed by atoms with E-state index in [0.29, 0.717) is 5.56 Å². The van der Waals surface area contributed by atoms with Gasteiger partial charge in [-0.2, -0.15) is 0 Å². The van der Waals surface area contributed by atoms with Crippen LogP contribution in [0.2, 0.25) is 0 Å². The third kappa shape index (κ3) is 5.47. The Morgan fingerprint density at radius 2 is 1.85 bits per heavy atom. The number of nitrogens with zero attached hydrogens (tertiary/aromatic N) is 1. The average molecular weight is 281 g/mol. The van der Waals surface area contributed by atoms with Crippen molar-refractivity contribution >= 4 is 17.6 Å². The molecule has 0 N–H and O–H groups in total. The molecule has 0 atom stereocenters. The molecule has 0 bridgehead atoms. The first kappa shape index (κ1) is 15.6. The number of hydrogen-bond acceptors (Lipinski definition) is 6. The molecular weight excluding hydrogens is 266 g/mol. The molecule has 0 fully saturated rings. The van der Waals surface area contributed by atoms with E-state index >= 15 is 0 Å². The lowest BCUT2D eigenvalue weighted by Gasteiger charge is -2.05. The molecule has 0 aliphatic carbocycles. The summed E-state index contributed by atoms with van der Waals surface area (Å²) in [5.41, 5.74) is 0.453. The van der Waals surface area contributed by atoms with Crippen molar-refractivity contribution in [2.45, 2.75) is 26.4 Å². The zero-order valence-electron chi connectivity index (χ0n) is 11.0. The molecule has 0 aromatic heterocycles. The van der Waals surface area contributed by atoms with E-state index in [2.05, 4.69) is 4.74 Å².